The lowest BCUT2D eigenvalue weighted by molar-refractivity contribution is 0.981. The average molecular weight is 250 g/mol. The molecule has 4 rings (SSSR count). The van der Waals surface area contributed by atoms with Crippen molar-refractivity contribution in [2.24, 2.45) is 5.73 Å². The van der Waals surface area contributed by atoms with Crippen molar-refractivity contribution in [3.05, 3.63) is 48.3 Å². The van der Waals surface area contributed by atoms with Gasteiger partial charge in [0.25, 0.3) is 0 Å². The number of rotatable bonds is 2. The molecule has 1 aromatic carbocycles. The molecule has 1 aliphatic carbocycles. The van der Waals surface area contributed by atoms with Crippen LogP contribution in [0.5, 0.6) is 0 Å². The first-order valence-electron chi connectivity index (χ1n) is 6.46. The fourth-order valence-corrected chi connectivity index (χ4v) is 2.49. The van der Waals surface area contributed by atoms with Gasteiger partial charge in [0.05, 0.1) is 17.4 Å². The van der Waals surface area contributed by atoms with Gasteiger partial charge in [-0.2, -0.15) is 5.10 Å². The largest absolute Gasteiger partial charge is 0.327 e. The second-order valence-corrected chi connectivity index (χ2v) is 5.15. The van der Waals surface area contributed by atoms with Gasteiger partial charge in [0, 0.05) is 29.1 Å². The minimum absolute atomic E-state index is 0.328. The Morgan fingerprint density at radius 2 is 2.05 bits per heavy atom. The number of nitrogens with two attached hydrogens (primary N) is 1. The number of nitrogens with zero attached hydrogens (tertiary/aromatic N) is 2. The third-order valence-electron chi connectivity index (χ3n) is 3.79. The Morgan fingerprint density at radius 1 is 1.16 bits per heavy atom. The van der Waals surface area contributed by atoms with E-state index in [4.69, 9.17) is 5.73 Å². The van der Waals surface area contributed by atoms with Crippen molar-refractivity contribution < 1.29 is 0 Å². The Kier molecular flexibility index (Phi) is 2.19. The molecule has 1 saturated carbocycles. The molecule has 1 fully saturated rings. The molecular formula is C15H14N4. The maximum absolute atomic E-state index is 5.86. The summed E-state index contributed by atoms with van der Waals surface area (Å²) in [4.78, 5) is 4.55. The molecule has 3 N–H and O–H groups in total. The van der Waals surface area contributed by atoms with Crippen molar-refractivity contribution in [2.75, 3.05) is 0 Å². The quantitative estimate of drug-likeness (QED) is 0.734. The van der Waals surface area contributed by atoms with Gasteiger partial charge >= 0.3 is 0 Å². The lowest BCUT2D eigenvalue weighted by Gasteiger charge is -2.03. The summed E-state index contributed by atoms with van der Waals surface area (Å²) in [6.07, 6.45) is 4.86. The number of hydrogen-bond acceptors (Lipinski definition) is 3. The molecule has 4 heteroatoms. The monoisotopic (exact) mass is 250 g/mol. The van der Waals surface area contributed by atoms with Gasteiger partial charge in [0.1, 0.15) is 0 Å². The fraction of sp³-hybridized carbons (Fsp3) is 0.200. The molecule has 2 atom stereocenters. The van der Waals surface area contributed by atoms with Crippen molar-refractivity contribution in [3.63, 3.8) is 0 Å². The van der Waals surface area contributed by atoms with Crippen LogP contribution in [0, 0.1) is 0 Å². The molecule has 2 unspecified atom stereocenters. The first kappa shape index (κ1) is 10.7. The van der Waals surface area contributed by atoms with Crippen LogP contribution in [0.3, 0.4) is 0 Å². The Morgan fingerprint density at radius 3 is 2.79 bits per heavy atom. The second-order valence-electron chi connectivity index (χ2n) is 5.15. The number of hydrogen-bond donors (Lipinski definition) is 2. The Labute approximate surface area is 110 Å². The molecular weight excluding hydrogens is 236 g/mol. The first-order valence-corrected chi connectivity index (χ1v) is 6.46. The molecule has 1 aliphatic rings. The van der Waals surface area contributed by atoms with Gasteiger partial charge < -0.3 is 5.73 Å². The van der Waals surface area contributed by atoms with E-state index in [1.807, 2.05) is 12.4 Å². The SMILES string of the molecule is NC1CC1c1ccc(-c2ccc3cn[nH]c3c2)nc1. The summed E-state index contributed by atoms with van der Waals surface area (Å²) in [5.74, 6) is 0.511. The molecule has 0 aliphatic heterocycles. The Balaban J connectivity index is 1.70. The van der Waals surface area contributed by atoms with Crippen LogP contribution in [0.25, 0.3) is 22.2 Å². The first-order chi connectivity index (χ1) is 9.31. The topological polar surface area (TPSA) is 67.6 Å². The number of H-pyrrole nitrogens is 1. The smallest absolute Gasteiger partial charge is 0.0702 e. The predicted molar refractivity (Wildman–Crippen MR) is 74.7 cm³/mol. The lowest BCUT2D eigenvalue weighted by atomic mass is 10.1. The van der Waals surface area contributed by atoms with Gasteiger partial charge in [0.2, 0.25) is 0 Å². The minimum atomic E-state index is 0.328. The van der Waals surface area contributed by atoms with Crippen molar-refractivity contribution in [2.45, 2.75) is 18.4 Å². The minimum Gasteiger partial charge on any atom is -0.327 e. The van der Waals surface area contributed by atoms with Gasteiger partial charge in [-0.1, -0.05) is 18.2 Å². The summed E-state index contributed by atoms with van der Waals surface area (Å²) in [6, 6.07) is 10.7. The highest BCUT2D eigenvalue weighted by molar-refractivity contribution is 5.83. The van der Waals surface area contributed by atoms with Gasteiger partial charge in [-0.25, -0.2) is 0 Å². The van der Waals surface area contributed by atoms with E-state index in [-0.39, 0.29) is 0 Å². The number of benzene rings is 1. The number of fused-ring (bicyclic) bond motifs is 1. The third kappa shape index (κ3) is 1.81. The normalized spacial score (nSPS) is 21.7. The predicted octanol–water partition coefficient (Wildman–Crippen LogP) is 2.44. The molecule has 0 radical (unpaired) electrons. The zero-order valence-corrected chi connectivity index (χ0v) is 10.4. The second kappa shape index (κ2) is 3.90. The van der Waals surface area contributed by atoms with Crippen LogP contribution in [0.1, 0.15) is 17.9 Å². The molecule has 4 nitrogen and oxygen atoms in total. The van der Waals surface area contributed by atoms with Crippen molar-refractivity contribution in [1.82, 2.24) is 15.2 Å². The summed E-state index contributed by atoms with van der Waals surface area (Å²) in [7, 11) is 0. The summed E-state index contributed by atoms with van der Waals surface area (Å²) >= 11 is 0. The summed E-state index contributed by atoms with van der Waals surface area (Å²) in [5, 5.41) is 8.13. The van der Waals surface area contributed by atoms with Crippen LogP contribution in [0.15, 0.2) is 42.7 Å². The number of pyridine rings is 1. The van der Waals surface area contributed by atoms with Crippen LogP contribution in [-0.2, 0) is 0 Å². The third-order valence-corrected chi connectivity index (χ3v) is 3.79. The van der Waals surface area contributed by atoms with Crippen LogP contribution in [-0.4, -0.2) is 21.2 Å². The van der Waals surface area contributed by atoms with Crippen molar-refractivity contribution in [1.29, 1.82) is 0 Å². The highest BCUT2D eigenvalue weighted by Crippen LogP contribution is 2.38. The highest BCUT2D eigenvalue weighted by Gasteiger charge is 2.34. The van der Waals surface area contributed by atoms with E-state index in [2.05, 4.69) is 45.5 Å². The van der Waals surface area contributed by atoms with Crippen LogP contribution >= 0.6 is 0 Å². The molecule has 0 spiro atoms. The van der Waals surface area contributed by atoms with Gasteiger partial charge in [-0.3, -0.25) is 10.1 Å². The van der Waals surface area contributed by atoms with Gasteiger partial charge in [-0.15, -0.1) is 0 Å². The van der Waals surface area contributed by atoms with Gasteiger partial charge in [-0.05, 0) is 24.1 Å². The molecule has 2 heterocycles. The maximum atomic E-state index is 5.86. The van der Waals surface area contributed by atoms with Crippen LogP contribution < -0.4 is 5.73 Å². The van der Waals surface area contributed by atoms with Crippen molar-refractivity contribution >= 4 is 10.9 Å². The van der Waals surface area contributed by atoms with E-state index in [1.54, 1.807) is 0 Å². The van der Waals surface area contributed by atoms with E-state index in [0.717, 1.165) is 28.6 Å². The molecule has 0 bridgehead atoms. The number of nitrogens with one attached hydrogen (secondary N) is 1. The van der Waals surface area contributed by atoms with E-state index < -0.39 is 0 Å². The van der Waals surface area contributed by atoms with Gasteiger partial charge in [0.15, 0.2) is 0 Å². The molecule has 94 valence electrons. The van der Waals surface area contributed by atoms with Crippen molar-refractivity contribution in [3.8, 4) is 11.3 Å². The lowest BCUT2D eigenvalue weighted by Crippen LogP contribution is -2.01. The van der Waals surface area contributed by atoms with E-state index in [9.17, 15) is 0 Å². The maximum Gasteiger partial charge on any atom is 0.0702 e. The molecule has 0 saturated heterocycles. The Bertz CT molecular complexity index is 729. The average Bonchev–Trinajstić information content (AvgIpc) is 3.00. The van der Waals surface area contributed by atoms with E-state index in [1.165, 1.54) is 5.56 Å². The zero-order valence-electron chi connectivity index (χ0n) is 10.4. The highest BCUT2D eigenvalue weighted by atomic mass is 15.1. The molecule has 19 heavy (non-hydrogen) atoms. The number of aromatic nitrogens is 3. The van der Waals surface area contributed by atoms with Crippen LogP contribution in [0.2, 0.25) is 0 Å². The zero-order chi connectivity index (χ0) is 12.8. The summed E-state index contributed by atoms with van der Waals surface area (Å²) < 4.78 is 0. The fourth-order valence-electron chi connectivity index (χ4n) is 2.49. The van der Waals surface area contributed by atoms with Crippen LogP contribution in [0.4, 0.5) is 0 Å². The van der Waals surface area contributed by atoms with E-state index >= 15 is 0 Å². The molecule has 2 aromatic heterocycles. The summed E-state index contributed by atoms with van der Waals surface area (Å²) in [5.41, 5.74) is 10.2. The standard InChI is InChI=1S/C15H14N4/c16-13-6-12(13)10-3-4-14(17-7-10)9-1-2-11-8-18-19-15(11)5-9/h1-5,7-8,12-13H,6,16H2,(H,18,19). The van der Waals surface area contributed by atoms with E-state index in [0.29, 0.717) is 12.0 Å². The molecule has 3 aromatic rings. The Hall–Kier alpha value is -2.20. The molecule has 0 amide bonds. The number of aromatic amines is 1. The summed E-state index contributed by atoms with van der Waals surface area (Å²) in [6.45, 7) is 0.